The van der Waals surface area contributed by atoms with Crippen LogP contribution in [0.1, 0.15) is 10.4 Å². The highest BCUT2D eigenvalue weighted by Gasteiger charge is 2.36. The number of ether oxygens (including phenoxy) is 4. The van der Waals surface area contributed by atoms with Crippen LogP contribution in [0.4, 0.5) is 5.69 Å². The van der Waals surface area contributed by atoms with Crippen molar-refractivity contribution >= 4 is 17.5 Å². The zero-order valence-electron chi connectivity index (χ0n) is 14.3. The highest BCUT2D eigenvalue weighted by atomic mass is 16.7. The summed E-state index contributed by atoms with van der Waals surface area (Å²) < 4.78 is 21.1. The molecule has 0 spiro atoms. The topological polar surface area (TPSA) is 86.3 Å². The van der Waals surface area contributed by atoms with Gasteiger partial charge in [0.05, 0.1) is 5.92 Å². The Labute approximate surface area is 154 Å². The second-order valence-electron chi connectivity index (χ2n) is 6.53. The SMILES string of the molecule is O=C(Nc1ccc2c(c1)OCO2)C1CN(C(=O)c2ccc3c(c2)OCO3)C1. The number of hydrogen-bond acceptors (Lipinski definition) is 6. The van der Waals surface area contributed by atoms with Gasteiger partial charge >= 0.3 is 0 Å². The molecule has 138 valence electrons. The van der Waals surface area contributed by atoms with Gasteiger partial charge in [-0.15, -0.1) is 0 Å². The molecule has 8 heteroatoms. The number of likely N-dealkylation sites (tertiary alicyclic amines) is 1. The molecule has 27 heavy (non-hydrogen) atoms. The fourth-order valence-electron chi connectivity index (χ4n) is 3.24. The van der Waals surface area contributed by atoms with Gasteiger partial charge in [0.15, 0.2) is 23.0 Å². The second-order valence-corrected chi connectivity index (χ2v) is 6.53. The van der Waals surface area contributed by atoms with Gasteiger partial charge < -0.3 is 29.2 Å². The quantitative estimate of drug-likeness (QED) is 0.890. The third kappa shape index (κ3) is 2.79. The maximum atomic E-state index is 12.5. The van der Waals surface area contributed by atoms with Crippen LogP contribution in [0.3, 0.4) is 0 Å². The number of nitrogens with one attached hydrogen (secondary N) is 1. The number of rotatable bonds is 3. The van der Waals surface area contributed by atoms with Crippen LogP contribution in [0.25, 0.3) is 0 Å². The lowest BCUT2D eigenvalue weighted by Crippen LogP contribution is -2.54. The van der Waals surface area contributed by atoms with Crippen molar-refractivity contribution < 1.29 is 28.5 Å². The van der Waals surface area contributed by atoms with E-state index in [2.05, 4.69) is 5.32 Å². The van der Waals surface area contributed by atoms with E-state index in [4.69, 9.17) is 18.9 Å². The van der Waals surface area contributed by atoms with E-state index in [1.165, 1.54) is 0 Å². The molecule has 0 aromatic heterocycles. The lowest BCUT2D eigenvalue weighted by Gasteiger charge is -2.38. The molecule has 0 atom stereocenters. The molecule has 8 nitrogen and oxygen atoms in total. The van der Waals surface area contributed by atoms with E-state index < -0.39 is 0 Å². The Morgan fingerprint density at radius 1 is 0.852 bits per heavy atom. The van der Waals surface area contributed by atoms with Gasteiger partial charge in [-0.25, -0.2) is 0 Å². The van der Waals surface area contributed by atoms with E-state index in [9.17, 15) is 9.59 Å². The number of nitrogens with zero attached hydrogens (tertiary/aromatic N) is 1. The predicted molar refractivity (Wildman–Crippen MR) is 93.2 cm³/mol. The Morgan fingerprint density at radius 3 is 2.22 bits per heavy atom. The number of carbonyl (C=O) groups is 2. The first-order chi connectivity index (χ1) is 13.2. The van der Waals surface area contributed by atoms with Crippen molar-refractivity contribution in [3.05, 3.63) is 42.0 Å². The van der Waals surface area contributed by atoms with Gasteiger partial charge in [0.1, 0.15) is 0 Å². The smallest absolute Gasteiger partial charge is 0.254 e. The molecule has 0 aliphatic carbocycles. The lowest BCUT2D eigenvalue weighted by molar-refractivity contribution is -0.123. The Morgan fingerprint density at radius 2 is 1.48 bits per heavy atom. The molecule has 5 rings (SSSR count). The summed E-state index contributed by atoms with van der Waals surface area (Å²) in [5, 5.41) is 2.86. The monoisotopic (exact) mass is 368 g/mol. The third-order valence-electron chi connectivity index (χ3n) is 4.80. The van der Waals surface area contributed by atoms with Crippen LogP contribution in [0, 0.1) is 5.92 Å². The average molecular weight is 368 g/mol. The standard InChI is InChI=1S/C19H16N2O6/c22-18(20-13-2-4-15-17(6-13)27-10-25-15)12-7-21(8-12)19(23)11-1-3-14-16(5-11)26-9-24-14/h1-6,12H,7-10H2,(H,20,22). The van der Waals surface area contributed by atoms with E-state index in [1.54, 1.807) is 41.3 Å². The van der Waals surface area contributed by atoms with Crippen molar-refractivity contribution in [2.24, 2.45) is 5.92 Å². The molecule has 3 aliphatic rings. The molecular formula is C19H16N2O6. The largest absolute Gasteiger partial charge is 0.454 e. The van der Waals surface area contributed by atoms with Gasteiger partial charge in [0.25, 0.3) is 5.91 Å². The summed E-state index contributed by atoms with van der Waals surface area (Å²) in [6.45, 7) is 1.11. The summed E-state index contributed by atoms with van der Waals surface area (Å²) in [4.78, 5) is 26.6. The number of fused-ring (bicyclic) bond motifs is 2. The van der Waals surface area contributed by atoms with Crippen LogP contribution in [0.2, 0.25) is 0 Å². The molecule has 1 saturated heterocycles. The first kappa shape index (κ1) is 15.8. The number of carbonyl (C=O) groups excluding carboxylic acids is 2. The van der Waals surface area contributed by atoms with E-state index >= 15 is 0 Å². The minimum atomic E-state index is -0.242. The maximum absolute atomic E-state index is 12.5. The molecule has 0 radical (unpaired) electrons. The number of anilines is 1. The highest BCUT2D eigenvalue weighted by molar-refractivity contribution is 5.99. The Balaban J connectivity index is 1.19. The minimum Gasteiger partial charge on any atom is -0.454 e. The number of benzene rings is 2. The average Bonchev–Trinajstić information content (AvgIpc) is 3.28. The van der Waals surface area contributed by atoms with E-state index in [1.807, 2.05) is 0 Å². The minimum absolute atomic E-state index is 0.122. The second kappa shape index (κ2) is 6.08. The normalized spacial score (nSPS) is 16.8. The molecule has 3 heterocycles. The predicted octanol–water partition coefficient (Wildman–Crippen LogP) is 1.85. The third-order valence-corrected chi connectivity index (χ3v) is 4.80. The van der Waals surface area contributed by atoms with Crippen molar-refractivity contribution in [2.45, 2.75) is 0 Å². The Hall–Kier alpha value is -3.42. The molecule has 0 unspecified atom stereocenters. The van der Waals surface area contributed by atoms with Gasteiger partial charge in [-0.3, -0.25) is 9.59 Å². The van der Waals surface area contributed by atoms with E-state index in [0.717, 1.165) is 0 Å². The van der Waals surface area contributed by atoms with Gasteiger partial charge in [-0.1, -0.05) is 0 Å². The van der Waals surface area contributed by atoms with Gasteiger partial charge in [-0.2, -0.15) is 0 Å². The van der Waals surface area contributed by atoms with Crippen molar-refractivity contribution in [1.82, 2.24) is 4.90 Å². The highest BCUT2D eigenvalue weighted by Crippen LogP contribution is 2.35. The Kier molecular flexibility index (Phi) is 3.56. The molecular weight excluding hydrogens is 352 g/mol. The van der Waals surface area contributed by atoms with Crippen molar-refractivity contribution in [3.8, 4) is 23.0 Å². The van der Waals surface area contributed by atoms with Crippen LogP contribution in [-0.2, 0) is 4.79 Å². The van der Waals surface area contributed by atoms with Gasteiger partial charge in [-0.05, 0) is 30.3 Å². The molecule has 2 amide bonds. The first-order valence-electron chi connectivity index (χ1n) is 8.57. The van der Waals surface area contributed by atoms with Crippen LogP contribution in [0.5, 0.6) is 23.0 Å². The van der Waals surface area contributed by atoms with E-state index in [0.29, 0.717) is 47.3 Å². The van der Waals surface area contributed by atoms with E-state index in [-0.39, 0.29) is 31.3 Å². The summed E-state index contributed by atoms with van der Waals surface area (Å²) in [6, 6.07) is 10.3. The van der Waals surface area contributed by atoms with Crippen LogP contribution < -0.4 is 24.3 Å². The summed E-state index contributed by atoms with van der Waals surface area (Å²) in [5.41, 5.74) is 1.17. The van der Waals surface area contributed by atoms with Gasteiger partial charge in [0.2, 0.25) is 19.5 Å². The fourth-order valence-corrected chi connectivity index (χ4v) is 3.24. The van der Waals surface area contributed by atoms with Crippen LogP contribution in [0.15, 0.2) is 36.4 Å². The Bertz CT molecular complexity index is 938. The summed E-state index contributed by atoms with van der Waals surface area (Å²) in [6.07, 6.45) is 0. The van der Waals surface area contributed by atoms with Crippen molar-refractivity contribution in [1.29, 1.82) is 0 Å². The summed E-state index contributed by atoms with van der Waals surface area (Å²) >= 11 is 0. The molecule has 3 aliphatic heterocycles. The maximum Gasteiger partial charge on any atom is 0.254 e. The fraction of sp³-hybridized carbons (Fsp3) is 0.263. The van der Waals surface area contributed by atoms with Crippen molar-refractivity contribution in [3.63, 3.8) is 0 Å². The molecule has 0 bridgehead atoms. The molecule has 1 N–H and O–H groups in total. The van der Waals surface area contributed by atoms with Crippen LogP contribution >= 0.6 is 0 Å². The van der Waals surface area contributed by atoms with Gasteiger partial charge in [0, 0.05) is 30.4 Å². The molecule has 2 aromatic rings. The summed E-state index contributed by atoms with van der Waals surface area (Å²) in [5.74, 6) is 1.99. The van der Waals surface area contributed by atoms with Crippen molar-refractivity contribution in [2.75, 3.05) is 32.0 Å². The zero-order valence-corrected chi connectivity index (χ0v) is 14.3. The molecule has 2 aromatic carbocycles. The molecule has 0 saturated carbocycles. The van der Waals surface area contributed by atoms with Crippen LogP contribution in [-0.4, -0.2) is 43.4 Å². The zero-order chi connectivity index (χ0) is 18.4. The first-order valence-corrected chi connectivity index (χ1v) is 8.57. The molecule has 1 fully saturated rings. The number of hydrogen-bond donors (Lipinski definition) is 1. The summed E-state index contributed by atoms with van der Waals surface area (Å²) in [7, 11) is 0. The lowest BCUT2D eigenvalue weighted by atomic mass is 9.97. The number of amides is 2.